The van der Waals surface area contributed by atoms with Crippen LogP contribution in [-0.2, 0) is 0 Å². The van der Waals surface area contributed by atoms with E-state index in [1.807, 2.05) is 17.0 Å². The van der Waals surface area contributed by atoms with E-state index >= 15 is 0 Å². The largest absolute Gasteiger partial charge is 0.339 e. The number of piperidine rings is 1. The third-order valence-corrected chi connectivity index (χ3v) is 5.02. The summed E-state index contributed by atoms with van der Waals surface area (Å²) in [5.41, 5.74) is 1.73. The number of likely N-dealkylation sites (tertiary alicyclic amines) is 1. The Kier molecular flexibility index (Phi) is 4.81. The van der Waals surface area contributed by atoms with E-state index in [9.17, 15) is 9.59 Å². The van der Waals surface area contributed by atoms with Gasteiger partial charge < -0.3 is 10.2 Å². The van der Waals surface area contributed by atoms with E-state index in [2.05, 4.69) is 10.4 Å². The predicted octanol–water partition coefficient (Wildman–Crippen LogP) is 3.87. The molecule has 1 saturated heterocycles. The number of hydrogen-bond donors (Lipinski definition) is 1. The fourth-order valence-corrected chi connectivity index (χ4v) is 3.45. The summed E-state index contributed by atoms with van der Waals surface area (Å²) < 4.78 is 1.59. The lowest BCUT2D eigenvalue weighted by Gasteiger charge is -2.26. The Bertz CT molecular complexity index is 991. The van der Waals surface area contributed by atoms with Crippen LogP contribution in [0.4, 0.5) is 5.82 Å². The van der Waals surface area contributed by atoms with Gasteiger partial charge in [-0.2, -0.15) is 5.10 Å². The molecule has 3 aromatic rings. The molecule has 138 valence electrons. The van der Waals surface area contributed by atoms with Gasteiger partial charge in [0.1, 0.15) is 5.82 Å². The molecule has 1 aliphatic rings. The van der Waals surface area contributed by atoms with Gasteiger partial charge in [0.25, 0.3) is 11.8 Å². The van der Waals surface area contributed by atoms with Crippen molar-refractivity contribution in [3.8, 4) is 0 Å². The van der Waals surface area contributed by atoms with Gasteiger partial charge >= 0.3 is 0 Å². The lowest BCUT2D eigenvalue weighted by atomic mass is 10.1. The molecule has 0 aliphatic carbocycles. The minimum Gasteiger partial charge on any atom is -0.339 e. The summed E-state index contributed by atoms with van der Waals surface area (Å²) in [4.78, 5) is 27.2. The van der Waals surface area contributed by atoms with Crippen molar-refractivity contribution < 1.29 is 9.59 Å². The molecule has 1 fully saturated rings. The molecule has 1 aromatic carbocycles. The van der Waals surface area contributed by atoms with Crippen molar-refractivity contribution in [2.45, 2.75) is 19.3 Å². The highest BCUT2D eigenvalue weighted by atomic mass is 35.5. The number of amides is 2. The summed E-state index contributed by atoms with van der Waals surface area (Å²) in [6.45, 7) is 1.56. The van der Waals surface area contributed by atoms with Gasteiger partial charge in [0.2, 0.25) is 0 Å². The van der Waals surface area contributed by atoms with E-state index in [-0.39, 0.29) is 11.8 Å². The first kappa shape index (κ1) is 17.5. The fraction of sp³-hybridized carbons (Fsp3) is 0.250. The van der Waals surface area contributed by atoms with Crippen molar-refractivity contribution in [1.29, 1.82) is 0 Å². The van der Waals surface area contributed by atoms with Gasteiger partial charge in [-0.25, -0.2) is 4.52 Å². The van der Waals surface area contributed by atoms with E-state index in [4.69, 9.17) is 11.6 Å². The summed E-state index contributed by atoms with van der Waals surface area (Å²) in [6.07, 6.45) is 4.81. The van der Waals surface area contributed by atoms with Crippen molar-refractivity contribution in [3.63, 3.8) is 0 Å². The molecule has 2 aromatic heterocycles. The fourth-order valence-electron chi connectivity index (χ4n) is 3.33. The summed E-state index contributed by atoms with van der Waals surface area (Å²) in [5, 5.41) is 7.75. The van der Waals surface area contributed by atoms with Gasteiger partial charge in [0.15, 0.2) is 0 Å². The minimum atomic E-state index is -0.265. The Hall–Kier alpha value is -2.86. The molecule has 4 rings (SSSR count). The number of carbonyl (C=O) groups is 2. The number of aromatic nitrogens is 2. The van der Waals surface area contributed by atoms with Gasteiger partial charge in [-0.1, -0.05) is 17.7 Å². The topological polar surface area (TPSA) is 66.7 Å². The molecule has 0 saturated carbocycles. The van der Waals surface area contributed by atoms with Crippen LogP contribution in [0.25, 0.3) is 5.52 Å². The molecule has 7 heteroatoms. The third kappa shape index (κ3) is 3.53. The molecular weight excluding hydrogens is 364 g/mol. The average Bonchev–Trinajstić information content (AvgIpc) is 3.14. The second kappa shape index (κ2) is 7.40. The third-order valence-electron chi connectivity index (χ3n) is 4.76. The normalized spacial score (nSPS) is 14.3. The van der Waals surface area contributed by atoms with Gasteiger partial charge in [0, 0.05) is 23.7 Å². The minimum absolute atomic E-state index is 0.00845. The Labute approximate surface area is 161 Å². The van der Waals surface area contributed by atoms with Crippen molar-refractivity contribution in [1.82, 2.24) is 14.5 Å². The molecule has 6 nitrogen and oxygen atoms in total. The molecule has 0 bridgehead atoms. The number of halogens is 1. The quantitative estimate of drug-likeness (QED) is 0.747. The first-order chi connectivity index (χ1) is 13.1. The lowest BCUT2D eigenvalue weighted by molar-refractivity contribution is 0.0726. The van der Waals surface area contributed by atoms with Crippen molar-refractivity contribution in [2.24, 2.45) is 0 Å². The van der Waals surface area contributed by atoms with Crippen molar-refractivity contribution >= 4 is 34.7 Å². The number of nitrogens with zero attached hydrogens (tertiary/aromatic N) is 3. The van der Waals surface area contributed by atoms with Crippen LogP contribution in [0.5, 0.6) is 0 Å². The Morgan fingerprint density at radius 2 is 1.74 bits per heavy atom. The van der Waals surface area contributed by atoms with Crippen LogP contribution in [0, 0.1) is 0 Å². The highest BCUT2D eigenvalue weighted by Gasteiger charge is 2.22. The van der Waals surface area contributed by atoms with Crippen LogP contribution in [0.1, 0.15) is 40.0 Å². The van der Waals surface area contributed by atoms with Crippen LogP contribution >= 0.6 is 11.6 Å². The molecule has 2 amide bonds. The number of anilines is 1. The van der Waals surface area contributed by atoms with E-state index in [0.717, 1.165) is 25.9 Å². The number of rotatable bonds is 3. The maximum Gasteiger partial charge on any atom is 0.257 e. The molecule has 0 atom stereocenters. The molecule has 1 N–H and O–H groups in total. The smallest absolute Gasteiger partial charge is 0.257 e. The van der Waals surface area contributed by atoms with Crippen molar-refractivity contribution in [2.75, 3.05) is 18.4 Å². The zero-order valence-electron chi connectivity index (χ0n) is 14.7. The second-order valence-electron chi connectivity index (χ2n) is 6.58. The second-order valence-corrected chi connectivity index (χ2v) is 7.02. The van der Waals surface area contributed by atoms with E-state index in [1.165, 1.54) is 6.42 Å². The van der Waals surface area contributed by atoms with Gasteiger partial charge in [-0.3, -0.25) is 9.59 Å². The first-order valence-corrected chi connectivity index (χ1v) is 9.34. The van der Waals surface area contributed by atoms with E-state index in [1.54, 1.807) is 41.0 Å². The number of fused-ring (bicyclic) bond motifs is 1. The van der Waals surface area contributed by atoms with E-state index < -0.39 is 0 Å². The SMILES string of the molecule is O=C(Nc1cccc2c(C(=O)N3CCCCC3)cnn12)c1ccc(Cl)cc1. The molecule has 0 radical (unpaired) electrons. The lowest BCUT2D eigenvalue weighted by Crippen LogP contribution is -2.35. The van der Waals surface area contributed by atoms with E-state index in [0.29, 0.717) is 27.5 Å². The summed E-state index contributed by atoms with van der Waals surface area (Å²) in [5.74, 6) is 0.231. The Balaban J connectivity index is 1.61. The summed E-state index contributed by atoms with van der Waals surface area (Å²) >= 11 is 5.87. The maximum absolute atomic E-state index is 12.8. The molecule has 27 heavy (non-hydrogen) atoms. The van der Waals surface area contributed by atoms with Crippen LogP contribution in [0.2, 0.25) is 5.02 Å². The number of pyridine rings is 1. The van der Waals surface area contributed by atoms with Crippen LogP contribution < -0.4 is 5.32 Å². The molecule has 0 unspecified atom stereocenters. The highest BCUT2D eigenvalue weighted by molar-refractivity contribution is 6.30. The number of nitrogens with one attached hydrogen (secondary N) is 1. The summed E-state index contributed by atoms with van der Waals surface area (Å²) in [7, 11) is 0. The maximum atomic E-state index is 12.8. The predicted molar refractivity (Wildman–Crippen MR) is 104 cm³/mol. The number of hydrogen-bond acceptors (Lipinski definition) is 3. The van der Waals surface area contributed by atoms with Crippen LogP contribution in [0.15, 0.2) is 48.7 Å². The zero-order chi connectivity index (χ0) is 18.8. The molecule has 0 spiro atoms. The number of carbonyl (C=O) groups excluding carboxylic acids is 2. The molecule has 3 heterocycles. The standard InChI is InChI=1S/C20H19ClN4O2/c21-15-9-7-14(8-10-15)19(26)23-18-6-4-5-17-16(13-22-25(17)18)20(27)24-11-2-1-3-12-24/h4-10,13H,1-3,11-12H2,(H,23,26). The zero-order valence-corrected chi connectivity index (χ0v) is 15.4. The number of benzene rings is 1. The van der Waals surface area contributed by atoms with Gasteiger partial charge in [-0.05, 0) is 55.7 Å². The van der Waals surface area contributed by atoms with Crippen LogP contribution in [-0.4, -0.2) is 39.4 Å². The Morgan fingerprint density at radius 3 is 2.48 bits per heavy atom. The van der Waals surface area contributed by atoms with Gasteiger partial charge in [-0.15, -0.1) is 0 Å². The summed E-state index contributed by atoms with van der Waals surface area (Å²) in [6, 6.07) is 12.0. The first-order valence-electron chi connectivity index (χ1n) is 8.96. The average molecular weight is 383 g/mol. The monoisotopic (exact) mass is 382 g/mol. The molecule has 1 aliphatic heterocycles. The highest BCUT2D eigenvalue weighted by Crippen LogP contribution is 2.20. The van der Waals surface area contributed by atoms with Crippen molar-refractivity contribution in [3.05, 3.63) is 64.8 Å². The Morgan fingerprint density at radius 1 is 1.00 bits per heavy atom. The molecular formula is C20H19ClN4O2. The van der Waals surface area contributed by atoms with Gasteiger partial charge in [0.05, 0.1) is 17.3 Å². The van der Waals surface area contributed by atoms with Crippen LogP contribution in [0.3, 0.4) is 0 Å².